The van der Waals surface area contributed by atoms with Crippen LogP contribution in [0.5, 0.6) is 5.75 Å². The highest BCUT2D eigenvalue weighted by Gasteiger charge is 2.59. The summed E-state index contributed by atoms with van der Waals surface area (Å²) in [5.74, 6) is -7.38. The molecule has 1 fully saturated rings. The minimum Gasteiger partial charge on any atom is -0.511 e. The lowest BCUT2D eigenvalue weighted by Crippen LogP contribution is -2.57. The molecule has 1 aromatic rings. The van der Waals surface area contributed by atoms with Crippen molar-refractivity contribution in [2.45, 2.75) is 37.7 Å². The number of primary amides is 1. The molecule has 4 aliphatic rings. The lowest BCUT2D eigenvalue weighted by atomic mass is 9.60. The van der Waals surface area contributed by atoms with E-state index in [1.54, 1.807) is 30.0 Å². The van der Waals surface area contributed by atoms with Gasteiger partial charge in [-0.1, -0.05) is 0 Å². The van der Waals surface area contributed by atoms with E-state index in [2.05, 4.69) is 0 Å². The summed E-state index contributed by atoms with van der Waals surface area (Å²) in [6, 6.07) is 1.56. The number of phenols is 1. The van der Waals surface area contributed by atoms with Gasteiger partial charge in [0.2, 0.25) is 5.78 Å². The normalized spacial score (nSPS) is 27.2. The van der Waals surface area contributed by atoms with Crippen LogP contribution in [0.1, 0.15) is 52.0 Å². The number of nitrogens with two attached hydrogens (primary N) is 1. The van der Waals surface area contributed by atoms with Crippen LogP contribution in [0.25, 0.3) is 0 Å². The topological polar surface area (TPSA) is 182 Å². The van der Waals surface area contributed by atoms with E-state index >= 15 is 0 Å². The Kier molecular flexibility index (Phi) is 5.59. The van der Waals surface area contributed by atoms with Crippen LogP contribution in [0, 0.1) is 11.8 Å². The molecule has 2 amide bonds. The second-order valence-electron chi connectivity index (χ2n) is 10.4. The maximum Gasteiger partial charge on any atom is 0.257 e. The van der Waals surface area contributed by atoms with Gasteiger partial charge >= 0.3 is 0 Å². The van der Waals surface area contributed by atoms with Gasteiger partial charge in [0.15, 0.2) is 11.4 Å². The number of hydrogen-bond donors (Lipinski definition) is 5. The molecule has 1 heterocycles. The molecule has 1 aromatic carbocycles. The number of rotatable bonds is 3. The number of aromatic hydroxyl groups is 1. The zero-order chi connectivity index (χ0) is 27.0. The Morgan fingerprint density at radius 3 is 2.35 bits per heavy atom. The Morgan fingerprint density at radius 1 is 1.11 bits per heavy atom. The van der Waals surface area contributed by atoms with Crippen molar-refractivity contribution in [3.8, 4) is 5.75 Å². The zero-order valence-corrected chi connectivity index (χ0v) is 20.6. The molecule has 6 N–H and O–H groups in total. The van der Waals surface area contributed by atoms with Gasteiger partial charge in [-0.05, 0) is 43.2 Å². The van der Waals surface area contributed by atoms with E-state index < -0.39 is 63.7 Å². The van der Waals surface area contributed by atoms with Crippen molar-refractivity contribution in [1.82, 2.24) is 4.90 Å². The summed E-state index contributed by atoms with van der Waals surface area (Å²) in [6.07, 6.45) is 1.61. The molecule has 5 rings (SSSR count). The molecule has 0 aromatic heterocycles. The largest absolute Gasteiger partial charge is 0.511 e. The number of carbonyl (C=O) groups is 4. The number of amides is 2. The van der Waals surface area contributed by atoms with E-state index in [0.717, 1.165) is 12.8 Å². The minimum absolute atomic E-state index is 0.0405. The highest BCUT2D eigenvalue weighted by atomic mass is 16.3. The van der Waals surface area contributed by atoms with Crippen LogP contribution in [0.2, 0.25) is 0 Å². The molecule has 0 spiro atoms. The van der Waals surface area contributed by atoms with Crippen LogP contribution in [0.15, 0.2) is 28.7 Å². The highest BCUT2D eigenvalue weighted by molar-refractivity contribution is 6.24. The van der Waals surface area contributed by atoms with Crippen LogP contribution in [0.3, 0.4) is 0 Å². The number of anilines is 1. The number of fused-ring (bicyclic) bond motifs is 3. The van der Waals surface area contributed by atoms with Crippen LogP contribution >= 0.6 is 0 Å². The molecule has 1 saturated heterocycles. The third-order valence-corrected chi connectivity index (χ3v) is 8.14. The molecular weight excluding hydrogens is 482 g/mol. The first-order valence-electron chi connectivity index (χ1n) is 12.2. The molecular formula is C26H29N3O8. The van der Waals surface area contributed by atoms with Crippen LogP contribution < -0.4 is 10.6 Å². The molecule has 11 heteroatoms. The maximum absolute atomic E-state index is 13.9. The van der Waals surface area contributed by atoms with E-state index in [4.69, 9.17) is 5.73 Å². The Bertz CT molecular complexity index is 1340. The van der Waals surface area contributed by atoms with Crippen molar-refractivity contribution in [2.75, 3.05) is 32.1 Å². The molecule has 0 saturated carbocycles. The first-order chi connectivity index (χ1) is 17.4. The Labute approximate surface area is 212 Å². The molecule has 3 aliphatic carbocycles. The molecule has 0 unspecified atom stereocenters. The summed E-state index contributed by atoms with van der Waals surface area (Å²) in [5, 5.41) is 44.1. The average molecular weight is 512 g/mol. The maximum atomic E-state index is 13.9. The number of carbonyl (C=O) groups excluding carboxylic acids is 4. The number of phenolic OH excluding ortho intramolecular Hbond substituents is 1. The first kappa shape index (κ1) is 24.8. The van der Waals surface area contributed by atoms with E-state index in [1.807, 2.05) is 0 Å². The second-order valence-corrected chi connectivity index (χ2v) is 10.4. The number of Topliss-reactive ketones (excluding diaryl/α,β-unsaturated/α-hetero) is 2. The number of nitrogens with zero attached hydrogens (tertiary/aromatic N) is 2. The standard InChI is InChI=1S/C26H29N3O8/c1-28(2)15-10-14(25(36)29-5-3-4-6-29)20(31)18-13(15)8-11-7-12-9-16(30)19(24(27)35)23(34)26(12,37)22(33)17(11)21(18)32/h10-12,30-31,33,37H,3-9H2,1-2H3,(H2,27,35)/t11-,12+,26+/m1/s1. The van der Waals surface area contributed by atoms with E-state index in [0.29, 0.717) is 24.3 Å². The number of hydrogen-bond acceptors (Lipinski definition) is 9. The molecule has 37 heavy (non-hydrogen) atoms. The van der Waals surface area contributed by atoms with Crippen molar-refractivity contribution in [3.05, 3.63) is 45.4 Å². The quantitative estimate of drug-likeness (QED) is 0.368. The predicted octanol–water partition coefficient (Wildman–Crippen LogP) is 0.883. The molecule has 0 bridgehead atoms. The van der Waals surface area contributed by atoms with Gasteiger partial charge in [0, 0.05) is 50.8 Å². The number of aliphatic hydroxyl groups excluding tert-OH is 2. The predicted molar refractivity (Wildman–Crippen MR) is 130 cm³/mol. The zero-order valence-electron chi connectivity index (χ0n) is 20.6. The van der Waals surface area contributed by atoms with Crippen molar-refractivity contribution in [2.24, 2.45) is 17.6 Å². The van der Waals surface area contributed by atoms with E-state index in [-0.39, 0.29) is 36.0 Å². The van der Waals surface area contributed by atoms with Gasteiger partial charge in [0.25, 0.3) is 11.8 Å². The molecule has 11 nitrogen and oxygen atoms in total. The number of ketones is 2. The summed E-state index contributed by atoms with van der Waals surface area (Å²) in [5.41, 5.74) is 2.37. The number of allylic oxidation sites excluding steroid dienone is 2. The van der Waals surface area contributed by atoms with Crippen molar-refractivity contribution in [3.63, 3.8) is 0 Å². The number of aliphatic hydroxyl groups is 3. The Hall–Kier alpha value is -3.86. The molecule has 196 valence electrons. The highest BCUT2D eigenvalue weighted by Crippen LogP contribution is 2.52. The molecule has 1 aliphatic heterocycles. The van der Waals surface area contributed by atoms with Gasteiger partial charge in [0.05, 0.1) is 11.1 Å². The van der Waals surface area contributed by atoms with Gasteiger partial charge in [-0.3, -0.25) is 19.2 Å². The minimum atomic E-state index is -2.63. The fraction of sp³-hybridized carbons (Fsp3) is 0.462. The lowest BCUT2D eigenvalue weighted by molar-refractivity contribution is -0.144. The lowest BCUT2D eigenvalue weighted by Gasteiger charge is -2.46. The fourth-order valence-electron chi connectivity index (χ4n) is 6.32. The smallest absolute Gasteiger partial charge is 0.257 e. The summed E-state index contributed by atoms with van der Waals surface area (Å²) < 4.78 is 0. The summed E-state index contributed by atoms with van der Waals surface area (Å²) in [7, 11) is 3.50. The van der Waals surface area contributed by atoms with Gasteiger partial charge in [-0.2, -0.15) is 0 Å². The third-order valence-electron chi connectivity index (χ3n) is 8.14. The Balaban J connectivity index is 1.68. The summed E-state index contributed by atoms with van der Waals surface area (Å²) in [4.78, 5) is 55.3. The van der Waals surface area contributed by atoms with Crippen LogP contribution in [-0.2, 0) is 16.0 Å². The summed E-state index contributed by atoms with van der Waals surface area (Å²) >= 11 is 0. The molecule has 3 atom stereocenters. The monoisotopic (exact) mass is 511 g/mol. The number of benzene rings is 1. The third kappa shape index (κ3) is 3.37. The Morgan fingerprint density at radius 2 is 1.76 bits per heavy atom. The summed E-state index contributed by atoms with van der Waals surface area (Å²) in [6.45, 7) is 1.07. The number of likely N-dealkylation sites (tertiary alicyclic amines) is 1. The van der Waals surface area contributed by atoms with Gasteiger partial charge in [-0.25, -0.2) is 0 Å². The first-order valence-corrected chi connectivity index (χ1v) is 12.2. The fourth-order valence-corrected chi connectivity index (χ4v) is 6.32. The average Bonchev–Trinajstić information content (AvgIpc) is 3.36. The van der Waals surface area contributed by atoms with E-state index in [9.17, 15) is 39.6 Å². The van der Waals surface area contributed by atoms with Crippen molar-refractivity contribution < 1.29 is 39.6 Å². The second kappa shape index (κ2) is 8.34. The van der Waals surface area contributed by atoms with Gasteiger partial charge in [-0.15, -0.1) is 0 Å². The molecule has 0 radical (unpaired) electrons. The van der Waals surface area contributed by atoms with Crippen molar-refractivity contribution in [1.29, 1.82) is 0 Å². The SMILES string of the molecule is CN(C)c1cc(C(=O)N2CCCC2)c(O)c2c1C[C@H]1C[C@H]3CC(O)=C(C(N)=O)C(=O)[C@@]3(O)C(O)=C1C2=O. The van der Waals surface area contributed by atoms with Gasteiger partial charge in [0.1, 0.15) is 22.8 Å². The van der Waals surface area contributed by atoms with Crippen LogP contribution in [0.4, 0.5) is 5.69 Å². The van der Waals surface area contributed by atoms with Crippen LogP contribution in [-0.4, -0.2) is 81.5 Å². The van der Waals surface area contributed by atoms with Crippen molar-refractivity contribution >= 4 is 29.1 Å². The van der Waals surface area contributed by atoms with E-state index in [1.165, 1.54) is 0 Å². The van der Waals surface area contributed by atoms with Gasteiger partial charge < -0.3 is 36.0 Å².